The van der Waals surface area contributed by atoms with Crippen LogP contribution in [-0.4, -0.2) is 162 Å². The van der Waals surface area contributed by atoms with Gasteiger partial charge in [0.2, 0.25) is 0 Å². The molecule has 15 atom stereocenters. The molecule has 3 saturated heterocycles. The molecule has 80 heavy (non-hydrogen) atoms. The van der Waals surface area contributed by atoms with Crippen molar-refractivity contribution in [2.45, 2.75) is 138 Å². The van der Waals surface area contributed by atoms with Crippen LogP contribution >= 0.6 is 0 Å². The molecule has 3 heterocycles. The van der Waals surface area contributed by atoms with Gasteiger partial charge >= 0.3 is 17.9 Å². The Morgan fingerprint density at radius 2 is 1.12 bits per heavy atom. The van der Waals surface area contributed by atoms with Crippen LogP contribution in [0.25, 0.3) is 20.9 Å². The van der Waals surface area contributed by atoms with Crippen molar-refractivity contribution in [3.05, 3.63) is 158 Å². The zero-order valence-corrected chi connectivity index (χ0v) is 44.6. The lowest BCUT2D eigenvalue weighted by molar-refractivity contribution is -0.362. The molecule has 24 nitrogen and oxygen atoms in total. The third-order valence-corrected chi connectivity index (χ3v) is 13.3. The summed E-state index contributed by atoms with van der Waals surface area (Å²) in [6, 6.07) is 28.2. The number of hydrogen-bond donors (Lipinski definition) is 1. The Bertz CT molecular complexity index is 2670. The van der Waals surface area contributed by atoms with Gasteiger partial charge < -0.3 is 71.5 Å². The lowest BCUT2D eigenvalue weighted by Gasteiger charge is -2.50. The van der Waals surface area contributed by atoms with Gasteiger partial charge in [-0.3, -0.25) is 0 Å². The number of aliphatic hydroxyl groups excluding tert-OH is 1. The van der Waals surface area contributed by atoms with Crippen molar-refractivity contribution in [2.75, 3.05) is 40.6 Å². The van der Waals surface area contributed by atoms with Crippen LogP contribution in [0.1, 0.15) is 76.2 Å². The molecule has 1 N–H and O–H groups in total. The van der Waals surface area contributed by atoms with Crippen LogP contribution in [-0.2, 0) is 68.2 Å². The van der Waals surface area contributed by atoms with Gasteiger partial charge in [0.1, 0.15) is 73.3 Å². The fourth-order valence-electron chi connectivity index (χ4n) is 9.15. The maximum atomic E-state index is 14.4. The zero-order chi connectivity index (χ0) is 56.8. The molecule has 0 aliphatic carbocycles. The fraction of sp³-hybridized carbons (Fsp3) is 0.500. The van der Waals surface area contributed by atoms with Crippen molar-refractivity contribution in [1.82, 2.24) is 0 Å². The molecular weight excluding hydrogens is 1040 g/mol. The highest BCUT2D eigenvalue weighted by molar-refractivity contribution is 5.90. The summed E-state index contributed by atoms with van der Waals surface area (Å²) in [5, 5.41) is 19.9. The highest BCUT2D eigenvalue weighted by Gasteiger charge is 2.57. The summed E-state index contributed by atoms with van der Waals surface area (Å²) in [6.45, 7) is 3.19. The van der Waals surface area contributed by atoms with E-state index in [4.69, 9.17) is 61.6 Å². The third-order valence-electron chi connectivity index (χ3n) is 13.3. The number of aldehydes is 1. The number of azide groups is 2. The minimum atomic E-state index is -1.78. The molecule has 0 radical (unpaired) electrons. The normalized spacial score (nSPS) is 28.2. The van der Waals surface area contributed by atoms with Crippen molar-refractivity contribution in [1.29, 1.82) is 0 Å². The zero-order valence-electron chi connectivity index (χ0n) is 44.6. The Hall–Kier alpha value is -7.02. The molecule has 0 bridgehead atoms. The molecule has 0 saturated carbocycles. The minimum absolute atomic E-state index is 0.0102. The first-order valence-corrected chi connectivity index (χ1v) is 26.3. The topological polar surface area (TPSA) is 306 Å². The first kappa shape index (κ1) is 60.6. The molecule has 0 amide bonds. The van der Waals surface area contributed by atoms with E-state index in [1.54, 1.807) is 91.0 Å². The number of ether oxygens (including phenoxy) is 13. The minimum Gasteiger partial charge on any atom is -0.497 e. The maximum Gasteiger partial charge on any atom is 0.338 e. The summed E-state index contributed by atoms with van der Waals surface area (Å²) in [4.78, 5) is 61.3. The number of aliphatic hydroxyl groups is 1. The van der Waals surface area contributed by atoms with Crippen molar-refractivity contribution in [3.63, 3.8) is 0 Å². The largest absolute Gasteiger partial charge is 0.497 e. The Balaban J connectivity index is 1.29. The first-order valence-electron chi connectivity index (χ1n) is 26.3. The van der Waals surface area contributed by atoms with Crippen molar-refractivity contribution in [3.8, 4) is 5.75 Å². The van der Waals surface area contributed by atoms with E-state index in [1.807, 2.05) is 13.8 Å². The van der Waals surface area contributed by atoms with E-state index >= 15 is 0 Å². The number of esters is 3. The lowest BCUT2D eigenvalue weighted by atomic mass is 9.94. The number of unbranched alkanes of at least 4 members (excludes halogenated alkanes) is 2. The van der Waals surface area contributed by atoms with E-state index in [9.17, 15) is 35.3 Å². The molecule has 0 aromatic heterocycles. The van der Waals surface area contributed by atoms with Gasteiger partial charge in [-0.05, 0) is 78.0 Å². The molecule has 9 unspecified atom stereocenters. The highest BCUT2D eigenvalue weighted by Crippen LogP contribution is 2.38. The summed E-state index contributed by atoms with van der Waals surface area (Å²) >= 11 is 0. The number of benzene rings is 4. The van der Waals surface area contributed by atoms with E-state index in [2.05, 4.69) is 20.1 Å². The molecule has 7 rings (SSSR count). The molecule has 3 fully saturated rings. The molecule has 3 aliphatic heterocycles. The molecule has 3 aliphatic rings. The van der Waals surface area contributed by atoms with Crippen LogP contribution in [0, 0.1) is 0 Å². The molecule has 4 aromatic carbocycles. The monoisotopic (exact) mass is 1110 g/mol. The number of carbonyl (C=O) groups excluding carboxylic acids is 4. The van der Waals surface area contributed by atoms with E-state index in [0.717, 1.165) is 5.56 Å². The number of rotatable bonds is 28. The molecule has 0 spiro atoms. The van der Waals surface area contributed by atoms with Crippen LogP contribution in [0.15, 0.2) is 125 Å². The second-order valence-corrected chi connectivity index (χ2v) is 18.7. The van der Waals surface area contributed by atoms with E-state index in [-0.39, 0.29) is 43.1 Å². The predicted octanol–water partition coefficient (Wildman–Crippen LogP) is 7.40. The van der Waals surface area contributed by atoms with Gasteiger partial charge in [0.05, 0.1) is 43.1 Å². The Kier molecular flexibility index (Phi) is 23.6. The van der Waals surface area contributed by atoms with Gasteiger partial charge in [-0.1, -0.05) is 104 Å². The second-order valence-electron chi connectivity index (χ2n) is 18.7. The summed E-state index contributed by atoms with van der Waals surface area (Å²) in [5.41, 5.74) is 21.1. The molecule has 24 heteroatoms. The van der Waals surface area contributed by atoms with Gasteiger partial charge in [0.15, 0.2) is 31.3 Å². The average Bonchev–Trinajstić information content (AvgIpc) is 3.49. The molecule has 4 aromatic rings. The maximum absolute atomic E-state index is 14.4. The van der Waals surface area contributed by atoms with Gasteiger partial charge in [-0.2, -0.15) is 0 Å². The van der Waals surface area contributed by atoms with Crippen molar-refractivity contribution in [2.24, 2.45) is 10.2 Å². The van der Waals surface area contributed by atoms with Gasteiger partial charge in [0.25, 0.3) is 0 Å². The van der Waals surface area contributed by atoms with E-state index in [0.29, 0.717) is 37.7 Å². The van der Waals surface area contributed by atoms with Crippen LogP contribution in [0.3, 0.4) is 0 Å². The Morgan fingerprint density at radius 1 is 0.600 bits per heavy atom. The van der Waals surface area contributed by atoms with Crippen LogP contribution in [0.2, 0.25) is 0 Å². The van der Waals surface area contributed by atoms with Crippen molar-refractivity contribution < 1.29 is 85.9 Å². The quantitative estimate of drug-likeness (QED) is 0.0110. The van der Waals surface area contributed by atoms with Gasteiger partial charge in [-0.25, -0.2) is 14.4 Å². The lowest BCUT2D eigenvalue weighted by Crippen LogP contribution is -2.67. The van der Waals surface area contributed by atoms with Crippen molar-refractivity contribution >= 4 is 24.2 Å². The van der Waals surface area contributed by atoms with Crippen LogP contribution < -0.4 is 4.74 Å². The standard InChI is InChI=1S/C56H66N6O18/c1-5-7-28-71-48-43(60-62-58)54(69-4)76-41(33-73-51(65)35-18-12-9-13-19-35)46(48)80-56-50(78-53(67)37-22-16-11-17-23-37)49(72-29-8-6-2)45(39(30-63)74-56)79-55-42(59-61-57)47(77-52(66)36-20-14-10-15-21-36)44(64)40(75-55)32-70-31-34-24-26-38(68-3)27-25-34/h9-27,30,39-50,54-56,64H,5-8,28-29,31-33H2,1-4H3/t39?,40?,41?,42?,43?,44-,45+,46-,47?,48?,49?,50?,54+,55-,56+/m1/s1. The van der Waals surface area contributed by atoms with Crippen LogP contribution in [0.4, 0.5) is 0 Å². The summed E-state index contributed by atoms with van der Waals surface area (Å²) in [6.07, 6.45) is -17.2. The summed E-state index contributed by atoms with van der Waals surface area (Å²) in [5.74, 6) is -1.87. The van der Waals surface area contributed by atoms with E-state index in [1.165, 1.54) is 38.5 Å². The Morgan fingerprint density at radius 3 is 1.66 bits per heavy atom. The number of hydrogen-bond acceptors (Lipinski definition) is 20. The second kappa shape index (κ2) is 31.1. The Labute approximate surface area is 461 Å². The predicted molar refractivity (Wildman–Crippen MR) is 281 cm³/mol. The van der Waals surface area contributed by atoms with E-state index < -0.39 is 117 Å². The third kappa shape index (κ3) is 15.9. The number of nitrogens with zero attached hydrogens (tertiary/aromatic N) is 6. The SMILES string of the molecule is CCCCOC1C(N=[N+]=[N-])[C@@H](OC)OC(COC(=O)c2ccccc2)[C@H]1O[C@@H]1OC(C=O)[C@H](O[C@H]2OC(COCc3ccc(OC)cc3)[C@@H](O)C(OC(=O)c3ccccc3)C2N=[N+]=[N-])C(OCCCC)C1OC(=O)c1ccccc1. The number of methoxy groups -OCH3 is 2. The average molecular weight is 1110 g/mol. The van der Waals surface area contributed by atoms with Gasteiger partial charge in [-0.15, -0.1) is 0 Å². The van der Waals surface area contributed by atoms with Gasteiger partial charge in [0, 0.05) is 30.1 Å². The summed E-state index contributed by atoms with van der Waals surface area (Å²) in [7, 11) is 2.86. The highest BCUT2D eigenvalue weighted by atomic mass is 16.8. The smallest absolute Gasteiger partial charge is 0.338 e. The molecular formula is C56H66N6O18. The molecule has 428 valence electrons. The number of carbonyl (C=O) groups is 4. The summed E-state index contributed by atoms with van der Waals surface area (Å²) < 4.78 is 80.9. The first-order chi connectivity index (χ1) is 39.0. The van der Waals surface area contributed by atoms with Crippen LogP contribution in [0.5, 0.6) is 5.75 Å². The fourth-order valence-corrected chi connectivity index (χ4v) is 9.15.